The van der Waals surface area contributed by atoms with Gasteiger partial charge in [-0.3, -0.25) is 19.7 Å². The summed E-state index contributed by atoms with van der Waals surface area (Å²) in [5, 5.41) is 10.7. The number of benzene rings is 2. The quantitative estimate of drug-likeness (QED) is 0.277. The second-order valence-corrected chi connectivity index (χ2v) is 7.11. The summed E-state index contributed by atoms with van der Waals surface area (Å²) >= 11 is 1.30. The van der Waals surface area contributed by atoms with Crippen LogP contribution >= 0.6 is 11.3 Å². The maximum Gasteiger partial charge on any atom is 0.325 e. The minimum Gasteiger partial charge on any atom is -0.468 e. The average molecular weight is 411 g/mol. The lowest BCUT2D eigenvalue weighted by molar-refractivity contribution is -0.384. The molecule has 0 N–H and O–H groups in total. The number of carbonyl (C=O) groups is 2. The first-order chi connectivity index (χ1) is 13.9. The van der Waals surface area contributed by atoms with Crippen molar-refractivity contribution in [3.63, 3.8) is 0 Å². The van der Waals surface area contributed by atoms with E-state index < -0.39 is 16.8 Å². The van der Waals surface area contributed by atoms with Crippen LogP contribution in [0.25, 0.3) is 16.3 Å². The number of esters is 1. The number of aryl methyl sites for hydroxylation is 1. The van der Waals surface area contributed by atoms with Crippen LogP contribution in [0.5, 0.6) is 0 Å². The summed E-state index contributed by atoms with van der Waals surface area (Å²) in [5.74, 6) is -0.950. The van der Waals surface area contributed by atoms with E-state index in [-0.39, 0.29) is 12.2 Å². The molecule has 0 saturated heterocycles. The Hall–Kier alpha value is -3.59. The number of nitro groups is 1. The third-order valence-corrected chi connectivity index (χ3v) is 5.19. The van der Waals surface area contributed by atoms with Crippen molar-refractivity contribution < 1.29 is 19.2 Å². The van der Waals surface area contributed by atoms with Crippen LogP contribution in [0.1, 0.15) is 11.1 Å². The van der Waals surface area contributed by atoms with Crippen LogP contribution in [-0.2, 0) is 20.9 Å². The van der Waals surface area contributed by atoms with Crippen molar-refractivity contribution in [2.24, 2.45) is 4.99 Å². The summed E-state index contributed by atoms with van der Waals surface area (Å²) in [6.07, 6.45) is 2.81. The van der Waals surface area contributed by atoms with Crippen LogP contribution in [-0.4, -0.2) is 28.5 Å². The standard InChI is InChI=1S/C20H17N3O5S/c1-13-4-3-5-16-19(13)22(12-18(25)28-2)20(29-16)21-17(24)11-8-14-6-9-15(10-7-14)23(26)27/h3-11H,12H2,1-2H3/b11-8-,21-20?. The highest BCUT2D eigenvalue weighted by molar-refractivity contribution is 7.16. The van der Waals surface area contributed by atoms with E-state index in [0.29, 0.717) is 10.4 Å². The van der Waals surface area contributed by atoms with E-state index >= 15 is 0 Å². The van der Waals surface area contributed by atoms with Gasteiger partial charge in [-0.1, -0.05) is 23.5 Å². The second-order valence-electron chi connectivity index (χ2n) is 6.10. The van der Waals surface area contributed by atoms with Gasteiger partial charge >= 0.3 is 5.97 Å². The van der Waals surface area contributed by atoms with Crippen LogP contribution in [0.4, 0.5) is 5.69 Å². The average Bonchev–Trinajstić information content (AvgIpc) is 3.04. The summed E-state index contributed by atoms with van der Waals surface area (Å²) in [6, 6.07) is 11.5. The summed E-state index contributed by atoms with van der Waals surface area (Å²) in [5.41, 5.74) is 2.39. The number of non-ortho nitro benzene ring substituents is 1. The van der Waals surface area contributed by atoms with Gasteiger partial charge in [0.2, 0.25) is 0 Å². The molecule has 148 valence electrons. The van der Waals surface area contributed by atoms with Crippen molar-refractivity contribution in [3.8, 4) is 0 Å². The van der Waals surface area contributed by atoms with Crippen molar-refractivity contribution in [1.82, 2.24) is 4.57 Å². The molecule has 0 unspecified atom stereocenters. The second kappa shape index (κ2) is 8.61. The molecule has 0 spiro atoms. The fourth-order valence-corrected chi connectivity index (χ4v) is 3.85. The van der Waals surface area contributed by atoms with Crippen LogP contribution in [0.15, 0.2) is 53.5 Å². The van der Waals surface area contributed by atoms with E-state index in [1.165, 1.54) is 42.7 Å². The molecular weight excluding hydrogens is 394 g/mol. The SMILES string of the molecule is COC(=O)Cn1c(=NC(=O)/C=C\c2ccc([N+](=O)[O-])cc2)sc2cccc(C)c21. The first kappa shape index (κ1) is 20.2. The van der Waals surface area contributed by atoms with E-state index in [1.54, 1.807) is 16.7 Å². The molecule has 0 radical (unpaired) electrons. The number of ether oxygens (including phenoxy) is 1. The minimum atomic E-state index is -0.508. The summed E-state index contributed by atoms with van der Waals surface area (Å²) < 4.78 is 7.33. The number of aromatic nitrogens is 1. The molecular formula is C20H17N3O5S. The van der Waals surface area contributed by atoms with Crippen molar-refractivity contribution >= 4 is 45.2 Å². The highest BCUT2D eigenvalue weighted by atomic mass is 32.1. The lowest BCUT2D eigenvalue weighted by atomic mass is 10.2. The molecule has 1 aromatic heterocycles. The highest BCUT2D eigenvalue weighted by Gasteiger charge is 2.13. The molecule has 0 aliphatic heterocycles. The number of para-hydroxylation sites is 1. The normalized spacial score (nSPS) is 11.9. The number of carbonyl (C=O) groups excluding carboxylic acids is 2. The summed E-state index contributed by atoms with van der Waals surface area (Å²) in [4.78, 5) is 38.9. The summed E-state index contributed by atoms with van der Waals surface area (Å²) in [7, 11) is 1.30. The fourth-order valence-electron chi connectivity index (χ4n) is 2.74. The summed E-state index contributed by atoms with van der Waals surface area (Å²) in [6.45, 7) is 1.86. The fraction of sp³-hybridized carbons (Fsp3) is 0.150. The van der Waals surface area contributed by atoms with Crippen molar-refractivity contribution in [3.05, 3.63) is 74.6 Å². The molecule has 0 saturated carbocycles. The Kier molecular flexibility index (Phi) is 5.99. The predicted octanol–water partition coefficient (Wildman–Crippen LogP) is 3.23. The number of methoxy groups -OCH3 is 1. The molecule has 29 heavy (non-hydrogen) atoms. The number of rotatable bonds is 5. The van der Waals surface area contributed by atoms with Gasteiger partial charge < -0.3 is 9.30 Å². The van der Waals surface area contributed by atoms with Crippen LogP contribution in [0.3, 0.4) is 0 Å². The Bertz CT molecular complexity index is 1190. The lowest BCUT2D eigenvalue weighted by Crippen LogP contribution is -2.22. The van der Waals surface area contributed by atoms with Gasteiger partial charge in [-0.05, 0) is 42.3 Å². The van der Waals surface area contributed by atoms with Crippen LogP contribution in [0, 0.1) is 17.0 Å². The smallest absolute Gasteiger partial charge is 0.325 e. The Labute approximate surface area is 169 Å². The topological polar surface area (TPSA) is 104 Å². The Morgan fingerprint density at radius 1 is 1.24 bits per heavy atom. The first-order valence-electron chi connectivity index (χ1n) is 8.56. The van der Waals surface area contributed by atoms with E-state index in [0.717, 1.165) is 15.8 Å². The first-order valence-corrected chi connectivity index (χ1v) is 9.37. The van der Waals surface area contributed by atoms with Crippen molar-refractivity contribution in [2.75, 3.05) is 7.11 Å². The van der Waals surface area contributed by atoms with E-state index in [9.17, 15) is 19.7 Å². The molecule has 3 aromatic rings. The third-order valence-electron chi connectivity index (χ3n) is 4.15. The molecule has 8 nitrogen and oxygen atoms in total. The molecule has 1 heterocycles. The zero-order chi connectivity index (χ0) is 21.0. The van der Waals surface area contributed by atoms with Crippen molar-refractivity contribution in [1.29, 1.82) is 0 Å². The number of amides is 1. The highest BCUT2D eigenvalue weighted by Crippen LogP contribution is 2.21. The predicted molar refractivity (Wildman–Crippen MR) is 109 cm³/mol. The third kappa shape index (κ3) is 4.64. The van der Waals surface area contributed by atoms with E-state index in [1.807, 2.05) is 25.1 Å². The molecule has 0 fully saturated rings. The Balaban J connectivity index is 1.95. The van der Waals surface area contributed by atoms with Crippen molar-refractivity contribution in [2.45, 2.75) is 13.5 Å². The van der Waals surface area contributed by atoms with Gasteiger partial charge in [0, 0.05) is 18.2 Å². The van der Waals surface area contributed by atoms with E-state index in [2.05, 4.69) is 4.99 Å². The maximum atomic E-state index is 12.3. The van der Waals surface area contributed by atoms with Gasteiger partial charge in [0.25, 0.3) is 11.6 Å². The maximum absolute atomic E-state index is 12.3. The minimum absolute atomic E-state index is 0.0253. The number of fused-ring (bicyclic) bond motifs is 1. The van der Waals surface area contributed by atoms with Gasteiger partial charge in [-0.15, -0.1) is 0 Å². The van der Waals surface area contributed by atoms with Gasteiger partial charge in [-0.2, -0.15) is 4.99 Å². The Morgan fingerprint density at radius 3 is 2.62 bits per heavy atom. The largest absolute Gasteiger partial charge is 0.468 e. The number of nitrogens with zero attached hydrogens (tertiary/aromatic N) is 3. The number of hydrogen-bond donors (Lipinski definition) is 0. The molecule has 9 heteroatoms. The molecule has 0 atom stereocenters. The molecule has 0 aliphatic carbocycles. The number of nitro benzene ring substituents is 1. The monoisotopic (exact) mass is 411 g/mol. The van der Waals surface area contributed by atoms with Crippen LogP contribution < -0.4 is 4.80 Å². The molecule has 1 amide bonds. The zero-order valence-electron chi connectivity index (χ0n) is 15.7. The van der Waals surface area contributed by atoms with Gasteiger partial charge in [0.1, 0.15) is 6.54 Å². The number of hydrogen-bond acceptors (Lipinski definition) is 6. The van der Waals surface area contributed by atoms with Gasteiger partial charge in [0.15, 0.2) is 4.80 Å². The zero-order valence-corrected chi connectivity index (χ0v) is 16.5. The van der Waals surface area contributed by atoms with E-state index in [4.69, 9.17) is 4.74 Å². The Morgan fingerprint density at radius 2 is 1.97 bits per heavy atom. The molecule has 3 rings (SSSR count). The lowest BCUT2D eigenvalue weighted by Gasteiger charge is -2.05. The molecule has 0 aliphatic rings. The molecule has 0 bridgehead atoms. The van der Waals surface area contributed by atoms with Crippen LogP contribution in [0.2, 0.25) is 0 Å². The van der Waals surface area contributed by atoms with Gasteiger partial charge in [-0.25, -0.2) is 0 Å². The molecule has 2 aromatic carbocycles. The van der Waals surface area contributed by atoms with Gasteiger partial charge in [0.05, 0.1) is 22.2 Å². The number of thiazole rings is 1.